The molecule has 0 saturated carbocycles. The van der Waals surface area contributed by atoms with Gasteiger partial charge in [-0.15, -0.1) is 0 Å². The monoisotopic (exact) mass is 716 g/mol. The third-order valence-corrected chi connectivity index (χ3v) is 10.0. The van der Waals surface area contributed by atoms with E-state index >= 15 is 0 Å². The second-order valence-electron chi connectivity index (χ2n) is 14.2. The quantitative estimate of drug-likeness (QED) is 0.106. The molecular formula is C41H49ClN2O5S. The summed E-state index contributed by atoms with van der Waals surface area (Å²) in [5.41, 5.74) is 7.56. The summed E-state index contributed by atoms with van der Waals surface area (Å²) in [6.07, 6.45) is 4.92. The van der Waals surface area contributed by atoms with Crippen LogP contribution < -0.4 is 10.6 Å². The second kappa shape index (κ2) is 17.3. The fourth-order valence-electron chi connectivity index (χ4n) is 6.18. The molecule has 0 aliphatic carbocycles. The Labute approximate surface area is 302 Å². The normalized spacial score (nSPS) is 13.0. The zero-order valence-corrected chi connectivity index (χ0v) is 31.2. The van der Waals surface area contributed by atoms with Crippen LogP contribution in [0.5, 0.6) is 0 Å². The number of halogens is 1. The number of aryl methyl sites for hydroxylation is 1. The molecule has 50 heavy (non-hydrogen) atoms. The lowest BCUT2D eigenvalue weighted by molar-refractivity contribution is -0.117. The number of benzene rings is 4. The van der Waals surface area contributed by atoms with Crippen molar-refractivity contribution in [3.05, 3.63) is 124 Å². The van der Waals surface area contributed by atoms with Crippen LogP contribution in [-0.2, 0) is 21.3 Å². The first-order valence-electron chi connectivity index (χ1n) is 17.2. The highest BCUT2D eigenvalue weighted by molar-refractivity contribution is 7.85. The van der Waals surface area contributed by atoms with Crippen LogP contribution in [0.3, 0.4) is 0 Å². The van der Waals surface area contributed by atoms with Gasteiger partial charge in [0.15, 0.2) is 0 Å². The maximum Gasteiger partial charge on any atom is 0.266 e. The minimum Gasteiger partial charge on any atom is -0.351 e. The number of hydrogen-bond acceptors (Lipinski definition) is 4. The maximum absolute atomic E-state index is 14.0. The van der Waals surface area contributed by atoms with Crippen LogP contribution in [0.4, 0.5) is 5.69 Å². The van der Waals surface area contributed by atoms with E-state index in [0.29, 0.717) is 34.0 Å². The molecule has 2 atom stereocenters. The Balaban J connectivity index is 1.54. The minimum absolute atomic E-state index is 0.141. The zero-order valence-electron chi connectivity index (χ0n) is 29.6. The fourth-order valence-corrected chi connectivity index (χ4v) is 6.77. The first-order chi connectivity index (χ1) is 23.6. The van der Waals surface area contributed by atoms with Gasteiger partial charge in [0.05, 0.1) is 11.7 Å². The van der Waals surface area contributed by atoms with Gasteiger partial charge in [-0.2, -0.15) is 8.42 Å². The van der Waals surface area contributed by atoms with E-state index in [4.69, 9.17) is 16.2 Å². The third kappa shape index (κ3) is 11.8. The van der Waals surface area contributed by atoms with E-state index in [1.165, 1.54) is 18.4 Å². The van der Waals surface area contributed by atoms with Gasteiger partial charge >= 0.3 is 0 Å². The van der Waals surface area contributed by atoms with Crippen molar-refractivity contribution in [1.29, 1.82) is 0 Å². The standard InChI is InChI=1S/C41H49ClN2O5S/c1-6-30(8-7-23-41(3,4)5)31-13-15-33(16-14-31)38(27-29-9-11-34(12-10-29)39(45)43-24-25-50(47,48)49)40(46)44-36-20-17-32(18-21-36)37-22-19-35(42)26-28(37)2/h9-22,26,30,38H,6-8,23-25,27H2,1-5H3,(H,43,45)(H,44,46)(H,47,48,49). The Hall–Kier alpha value is -3.98. The lowest BCUT2D eigenvalue weighted by Gasteiger charge is -2.22. The number of carbonyl (C=O) groups excluding carboxylic acids is 2. The summed E-state index contributed by atoms with van der Waals surface area (Å²) < 4.78 is 30.9. The topological polar surface area (TPSA) is 113 Å². The second-order valence-corrected chi connectivity index (χ2v) is 16.3. The predicted octanol–water partition coefficient (Wildman–Crippen LogP) is 9.61. The molecule has 2 amide bonds. The van der Waals surface area contributed by atoms with Crippen molar-refractivity contribution in [2.45, 2.75) is 78.6 Å². The summed E-state index contributed by atoms with van der Waals surface area (Å²) in [6, 6.07) is 28.9. The average molecular weight is 717 g/mol. The van der Waals surface area contributed by atoms with Crippen LogP contribution >= 0.6 is 11.6 Å². The molecule has 4 aromatic carbocycles. The van der Waals surface area contributed by atoms with Crippen LogP contribution in [0.25, 0.3) is 11.1 Å². The molecule has 0 saturated heterocycles. The third-order valence-electron chi connectivity index (χ3n) is 9.05. The van der Waals surface area contributed by atoms with Gasteiger partial charge in [-0.05, 0) is 114 Å². The number of hydrogen-bond donors (Lipinski definition) is 3. The van der Waals surface area contributed by atoms with Crippen LogP contribution in [-0.4, -0.2) is 37.1 Å². The van der Waals surface area contributed by atoms with Crippen LogP contribution in [0.15, 0.2) is 91.0 Å². The van der Waals surface area contributed by atoms with Crippen LogP contribution in [0, 0.1) is 12.3 Å². The first kappa shape index (κ1) is 38.8. The van der Waals surface area contributed by atoms with E-state index in [1.54, 1.807) is 24.3 Å². The molecule has 0 aliphatic rings. The Morgan fingerprint density at radius 3 is 2.10 bits per heavy atom. The number of nitrogens with one attached hydrogen (secondary N) is 2. The summed E-state index contributed by atoms with van der Waals surface area (Å²) >= 11 is 6.15. The van der Waals surface area contributed by atoms with Crippen molar-refractivity contribution in [2.24, 2.45) is 5.41 Å². The summed E-state index contributed by atoms with van der Waals surface area (Å²) in [5.74, 6) is -1.20. The predicted molar refractivity (Wildman–Crippen MR) is 205 cm³/mol. The minimum atomic E-state index is -4.17. The van der Waals surface area contributed by atoms with Crippen molar-refractivity contribution >= 4 is 39.2 Å². The van der Waals surface area contributed by atoms with Gasteiger partial charge in [-0.25, -0.2) is 0 Å². The molecule has 0 aromatic heterocycles. The zero-order chi connectivity index (χ0) is 36.5. The smallest absolute Gasteiger partial charge is 0.266 e. The number of anilines is 1. The lowest BCUT2D eigenvalue weighted by Crippen LogP contribution is -2.28. The average Bonchev–Trinajstić information content (AvgIpc) is 3.05. The van der Waals surface area contributed by atoms with Gasteiger partial charge in [0, 0.05) is 22.8 Å². The molecule has 0 fully saturated rings. The van der Waals surface area contributed by atoms with Crippen molar-refractivity contribution in [3.8, 4) is 11.1 Å². The Kier molecular flexibility index (Phi) is 13.4. The van der Waals surface area contributed by atoms with Crippen molar-refractivity contribution in [2.75, 3.05) is 17.6 Å². The van der Waals surface area contributed by atoms with Crippen LogP contribution in [0.1, 0.15) is 97.8 Å². The van der Waals surface area contributed by atoms with E-state index in [9.17, 15) is 18.0 Å². The van der Waals surface area contributed by atoms with Gasteiger partial charge in [0.1, 0.15) is 0 Å². The molecule has 2 unspecified atom stereocenters. The molecule has 3 N–H and O–H groups in total. The summed E-state index contributed by atoms with van der Waals surface area (Å²) in [5, 5.41) is 6.31. The van der Waals surface area contributed by atoms with E-state index in [2.05, 4.69) is 62.6 Å². The van der Waals surface area contributed by atoms with Gasteiger partial charge < -0.3 is 10.6 Å². The van der Waals surface area contributed by atoms with Crippen molar-refractivity contribution in [1.82, 2.24) is 5.32 Å². The summed E-state index contributed by atoms with van der Waals surface area (Å²) in [4.78, 5) is 26.5. The molecule has 0 heterocycles. The molecular weight excluding hydrogens is 668 g/mol. The number of carbonyl (C=O) groups is 2. The van der Waals surface area contributed by atoms with Crippen LogP contribution in [0.2, 0.25) is 5.02 Å². The first-order valence-corrected chi connectivity index (χ1v) is 19.2. The molecule has 0 bridgehead atoms. The van der Waals surface area contributed by atoms with E-state index in [-0.39, 0.29) is 12.5 Å². The molecule has 0 radical (unpaired) electrons. The Morgan fingerprint density at radius 1 is 0.880 bits per heavy atom. The highest BCUT2D eigenvalue weighted by Crippen LogP contribution is 2.32. The summed E-state index contributed by atoms with van der Waals surface area (Å²) in [7, 11) is -4.17. The van der Waals surface area contributed by atoms with Gasteiger partial charge in [0.25, 0.3) is 16.0 Å². The van der Waals surface area contributed by atoms with Crippen molar-refractivity contribution in [3.63, 3.8) is 0 Å². The molecule has 9 heteroatoms. The lowest BCUT2D eigenvalue weighted by atomic mass is 9.84. The van der Waals surface area contributed by atoms with Gasteiger partial charge in [0.2, 0.25) is 5.91 Å². The fraction of sp³-hybridized carbons (Fsp3) is 0.366. The highest BCUT2D eigenvalue weighted by Gasteiger charge is 2.23. The highest BCUT2D eigenvalue weighted by atomic mass is 35.5. The molecule has 4 aromatic rings. The van der Waals surface area contributed by atoms with Gasteiger partial charge in [-0.3, -0.25) is 14.1 Å². The van der Waals surface area contributed by atoms with Crippen molar-refractivity contribution < 1.29 is 22.6 Å². The largest absolute Gasteiger partial charge is 0.351 e. The molecule has 7 nitrogen and oxygen atoms in total. The molecule has 0 aliphatic heterocycles. The number of amides is 2. The summed E-state index contributed by atoms with van der Waals surface area (Å²) in [6.45, 7) is 10.9. The maximum atomic E-state index is 14.0. The number of rotatable bonds is 15. The van der Waals surface area contributed by atoms with Gasteiger partial charge in [-0.1, -0.05) is 100 Å². The Morgan fingerprint density at radius 2 is 1.52 bits per heavy atom. The Bertz CT molecular complexity index is 1850. The van der Waals surface area contributed by atoms with E-state index in [1.807, 2.05) is 49.4 Å². The molecule has 266 valence electrons. The van der Waals surface area contributed by atoms with E-state index < -0.39 is 27.7 Å². The SMILES string of the molecule is CCC(CCCC(C)(C)C)c1ccc(C(Cc2ccc(C(=O)NCCS(=O)(=O)O)cc2)C(=O)Nc2ccc(-c3ccc(Cl)cc3C)cc2)cc1. The molecule has 0 spiro atoms. The van der Waals surface area contributed by atoms with E-state index in [0.717, 1.165) is 40.7 Å². The molecule has 4 rings (SSSR count).